The van der Waals surface area contributed by atoms with Crippen molar-refractivity contribution >= 4 is 40.2 Å². The van der Waals surface area contributed by atoms with Crippen molar-refractivity contribution in [3.8, 4) is 0 Å². The number of allylic oxidation sites excluding steroid dienone is 1. The van der Waals surface area contributed by atoms with Crippen molar-refractivity contribution in [2.75, 3.05) is 37.8 Å². The van der Waals surface area contributed by atoms with Crippen LogP contribution in [0.15, 0.2) is 42.6 Å². The maximum absolute atomic E-state index is 12.8. The van der Waals surface area contributed by atoms with E-state index in [1.54, 1.807) is 24.4 Å². The van der Waals surface area contributed by atoms with Crippen LogP contribution in [-0.2, 0) is 0 Å². The molecule has 2 heterocycles. The standard InChI is InChI=1S/C26H35N9O2/c1-16-8-9-17(24(37)33-21(27)13-20(36)26(2,3)4)12-18(16)32-23-22-19(30-15-31-23)14-29-25(34-22)28-10-7-11-35(5)6/h8-9,12-15,36H,7,10-11H2,1-6H3,(H2,27,33,37)(H,28,29,34)(H,30,31,32)/b20-13-. The van der Waals surface area contributed by atoms with Gasteiger partial charge in [-0.2, -0.15) is 0 Å². The van der Waals surface area contributed by atoms with Gasteiger partial charge in [-0.15, -0.1) is 0 Å². The first kappa shape index (κ1) is 27.5. The van der Waals surface area contributed by atoms with Gasteiger partial charge in [0.15, 0.2) is 5.82 Å². The molecule has 0 radical (unpaired) electrons. The van der Waals surface area contributed by atoms with Crippen molar-refractivity contribution < 1.29 is 9.90 Å². The second kappa shape index (κ2) is 11.7. The van der Waals surface area contributed by atoms with Gasteiger partial charge in [0.1, 0.15) is 29.0 Å². The summed E-state index contributed by atoms with van der Waals surface area (Å²) < 4.78 is 0. The van der Waals surface area contributed by atoms with Crippen molar-refractivity contribution in [1.29, 1.82) is 5.41 Å². The van der Waals surface area contributed by atoms with E-state index >= 15 is 0 Å². The summed E-state index contributed by atoms with van der Waals surface area (Å²) >= 11 is 0. The number of nitrogens with zero attached hydrogens (tertiary/aromatic N) is 5. The van der Waals surface area contributed by atoms with E-state index in [0.29, 0.717) is 34.1 Å². The largest absolute Gasteiger partial charge is 0.512 e. The Morgan fingerprint density at radius 3 is 2.65 bits per heavy atom. The van der Waals surface area contributed by atoms with E-state index in [1.807, 2.05) is 41.8 Å². The zero-order valence-corrected chi connectivity index (χ0v) is 22.2. The monoisotopic (exact) mass is 505 g/mol. The predicted molar refractivity (Wildman–Crippen MR) is 147 cm³/mol. The van der Waals surface area contributed by atoms with Gasteiger partial charge in [-0.1, -0.05) is 26.8 Å². The van der Waals surface area contributed by atoms with Crippen LogP contribution in [0.25, 0.3) is 11.0 Å². The van der Waals surface area contributed by atoms with Gasteiger partial charge in [0, 0.05) is 29.3 Å². The van der Waals surface area contributed by atoms with Crippen LogP contribution in [0.3, 0.4) is 0 Å². The Balaban J connectivity index is 1.79. The summed E-state index contributed by atoms with van der Waals surface area (Å²) in [6.07, 6.45) is 5.26. The Hall–Kier alpha value is -4.12. The highest BCUT2D eigenvalue weighted by molar-refractivity contribution is 6.09. The number of aliphatic hydroxyl groups excluding tert-OH is 1. The lowest BCUT2D eigenvalue weighted by molar-refractivity contribution is 0.0977. The van der Waals surface area contributed by atoms with Gasteiger partial charge in [0.2, 0.25) is 5.95 Å². The molecule has 3 aromatic rings. The lowest BCUT2D eigenvalue weighted by Crippen LogP contribution is -2.29. The van der Waals surface area contributed by atoms with Crippen molar-refractivity contribution in [3.63, 3.8) is 0 Å². The Morgan fingerprint density at radius 2 is 1.95 bits per heavy atom. The third-order valence-corrected chi connectivity index (χ3v) is 5.49. The molecule has 0 fully saturated rings. The number of nitrogens with one attached hydrogen (secondary N) is 4. The van der Waals surface area contributed by atoms with Crippen molar-refractivity contribution in [2.45, 2.75) is 34.1 Å². The average Bonchev–Trinajstić information content (AvgIpc) is 2.82. The first-order valence-electron chi connectivity index (χ1n) is 12.0. The van der Waals surface area contributed by atoms with E-state index in [-0.39, 0.29) is 11.6 Å². The Labute approximate surface area is 217 Å². The molecule has 0 saturated carbocycles. The molecule has 196 valence electrons. The number of amides is 1. The van der Waals surface area contributed by atoms with Crippen molar-refractivity contribution in [2.24, 2.45) is 5.41 Å². The highest BCUT2D eigenvalue weighted by Crippen LogP contribution is 2.25. The molecule has 5 N–H and O–H groups in total. The van der Waals surface area contributed by atoms with Gasteiger partial charge in [-0.05, 0) is 51.7 Å². The number of amidine groups is 1. The van der Waals surface area contributed by atoms with Crippen molar-refractivity contribution in [3.05, 3.63) is 53.7 Å². The summed E-state index contributed by atoms with van der Waals surface area (Å²) in [6.45, 7) is 9.04. The molecule has 0 aliphatic carbocycles. The van der Waals surface area contributed by atoms with E-state index in [1.165, 1.54) is 12.4 Å². The summed E-state index contributed by atoms with van der Waals surface area (Å²) in [7, 11) is 4.06. The molecule has 0 aliphatic rings. The fourth-order valence-electron chi connectivity index (χ4n) is 3.24. The lowest BCUT2D eigenvalue weighted by atomic mass is 9.93. The first-order valence-corrected chi connectivity index (χ1v) is 12.0. The van der Waals surface area contributed by atoms with E-state index in [2.05, 4.69) is 40.8 Å². The quantitative estimate of drug-likeness (QED) is 0.126. The molecule has 1 amide bonds. The van der Waals surface area contributed by atoms with Crippen LogP contribution >= 0.6 is 0 Å². The van der Waals surface area contributed by atoms with Gasteiger partial charge < -0.3 is 26.0 Å². The highest BCUT2D eigenvalue weighted by Gasteiger charge is 2.18. The molecule has 11 nitrogen and oxygen atoms in total. The van der Waals surface area contributed by atoms with E-state index in [9.17, 15) is 9.90 Å². The SMILES string of the molecule is Cc1ccc(C(=O)NC(=N)/C=C(\O)C(C)(C)C)cc1Nc1ncnc2cnc(NCCCN(C)C)nc12. The number of benzene rings is 1. The summed E-state index contributed by atoms with van der Waals surface area (Å²) in [5.41, 5.74) is 2.50. The Morgan fingerprint density at radius 1 is 1.19 bits per heavy atom. The number of carbonyl (C=O) groups excluding carboxylic acids is 1. The van der Waals surface area contributed by atoms with Gasteiger partial charge in [-0.25, -0.2) is 19.9 Å². The molecule has 0 unspecified atom stereocenters. The number of anilines is 3. The second-order valence-corrected chi connectivity index (χ2v) is 10.0. The Kier molecular flexibility index (Phi) is 8.72. The molecule has 2 aromatic heterocycles. The number of aliphatic hydroxyl groups is 1. The number of hydrogen-bond acceptors (Lipinski definition) is 10. The maximum atomic E-state index is 12.8. The molecule has 0 bridgehead atoms. The number of carbonyl (C=O) groups is 1. The molecule has 11 heteroatoms. The number of fused-ring (bicyclic) bond motifs is 1. The molecule has 1 aromatic carbocycles. The Bertz CT molecular complexity index is 1310. The second-order valence-electron chi connectivity index (χ2n) is 10.0. The van der Waals surface area contributed by atoms with Gasteiger partial charge in [0.25, 0.3) is 5.91 Å². The molecule has 0 spiro atoms. The summed E-state index contributed by atoms with van der Waals surface area (Å²) in [4.78, 5) is 32.5. The van der Waals surface area contributed by atoms with Crippen LogP contribution in [0.1, 0.15) is 43.1 Å². The average molecular weight is 506 g/mol. The van der Waals surface area contributed by atoms with Gasteiger partial charge in [0.05, 0.1) is 6.20 Å². The molecule has 0 saturated heterocycles. The lowest BCUT2D eigenvalue weighted by Gasteiger charge is -2.17. The van der Waals surface area contributed by atoms with Crippen LogP contribution in [0.2, 0.25) is 0 Å². The fourth-order valence-corrected chi connectivity index (χ4v) is 3.24. The van der Waals surface area contributed by atoms with Crippen LogP contribution in [0.5, 0.6) is 0 Å². The number of hydrogen-bond donors (Lipinski definition) is 5. The zero-order valence-electron chi connectivity index (χ0n) is 22.2. The van der Waals surface area contributed by atoms with Gasteiger partial charge in [-0.3, -0.25) is 10.2 Å². The summed E-state index contributed by atoms with van der Waals surface area (Å²) in [5, 5.41) is 27.1. The minimum atomic E-state index is -0.524. The van der Waals surface area contributed by atoms with Crippen LogP contribution in [-0.4, -0.2) is 68.9 Å². The minimum absolute atomic E-state index is 0.00764. The topological polar surface area (TPSA) is 152 Å². The maximum Gasteiger partial charge on any atom is 0.256 e. The van der Waals surface area contributed by atoms with Crippen molar-refractivity contribution in [1.82, 2.24) is 30.2 Å². The van der Waals surface area contributed by atoms with Crippen LogP contribution in [0.4, 0.5) is 17.5 Å². The predicted octanol–water partition coefficient (Wildman–Crippen LogP) is 4.03. The molecule has 3 rings (SSSR count). The van der Waals surface area contributed by atoms with Crippen LogP contribution < -0.4 is 16.0 Å². The number of aryl methyl sites for hydroxylation is 1. The van der Waals surface area contributed by atoms with Gasteiger partial charge >= 0.3 is 0 Å². The third-order valence-electron chi connectivity index (χ3n) is 5.49. The molecule has 37 heavy (non-hydrogen) atoms. The number of aromatic nitrogens is 4. The first-order chi connectivity index (χ1) is 17.4. The van der Waals surface area contributed by atoms with Crippen LogP contribution in [0, 0.1) is 17.7 Å². The molecular formula is C26H35N9O2. The molecule has 0 aliphatic heterocycles. The summed E-state index contributed by atoms with van der Waals surface area (Å²) in [5.74, 6) is 0.309. The van der Waals surface area contributed by atoms with E-state index < -0.39 is 11.3 Å². The minimum Gasteiger partial charge on any atom is -0.512 e. The smallest absolute Gasteiger partial charge is 0.256 e. The molecular weight excluding hydrogens is 470 g/mol. The third kappa shape index (κ3) is 7.68. The zero-order chi connectivity index (χ0) is 27.2. The number of rotatable bonds is 9. The highest BCUT2D eigenvalue weighted by atomic mass is 16.3. The summed E-state index contributed by atoms with van der Waals surface area (Å²) in [6, 6.07) is 5.16. The van der Waals surface area contributed by atoms with E-state index in [0.717, 1.165) is 25.1 Å². The fraction of sp³-hybridized carbons (Fsp3) is 0.385. The molecule has 0 atom stereocenters. The van der Waals surface area contributed by atoms with E-state index in [4.69, 9.17) is 5.41 Å². The normalized spacial score (nSPS) is 12.0.